The van der Waals surface area contributed by atoms with Gasteiger partial charge in [-0.15, -0.1) is 11.8 Å². The molecule has 138 valence electrons. The summed E-state index contributed by atoms with van der Waals surface area (Å²) in [7, 11) is -3.74. The average Bonchev–Trinajstić information content (AvgIpc) is 2.95. The number of imidazole rings is 1. The molecule has 5 nitrogen and oxygen atoms in total. The molecule has 3 rings (SSSR count). The van der Waals surface area contributed by atoms with Gasteiger partial charge in [0.25, 0.3) is 0 Å². The van der Waals surface area contributed by atoms with E-state index in [0.717, 1.165) is 35.6 Å². The highest BCUT2D eigenvalue weighted by molar-refractivity contribution is 7.98. The number of hydrogen-bond acceptors (Lipinski definition) is 4. The van der Waals surface area contributed by atoms with Gasteiger partial charge in [0.1, 0.15) is 5.82 Å². The molecule has 1 heterocycles. The Morgan fingerprint density at radius 1 is 1.19 bits per heavy atom. The molecular formula is C18H20ClN3O2S2. The molecule has 26 heavy (non-hydrogen) atoms. The quantitative estimate of drug-likeness (QED) is 0.585. The lowest BCUT2D eigenvalue weighted by Crippen LogP contribution is -2.11. The van der Waals surface area contributed by atoms with Gasteiger partial charge in [-0.3, -0.25) is 0 Å². The second kappa shape index (κ2) is 8.00. The molecule has 0 aliphatic carbocycles. The van der Waals surface area contributed by atoms with Gasteiger partial charge in [0.15, 0.2) is 0 Å². The Labute approximate surface area is 162 Å². The number of hydrogen-bond donors (Lipinski definition) is 1. The van der Waals surface area contributed by atoms with E-state index in [1.165, 1.54) is 6.07 Å². The molecule has 0 bridgehead atoms. The number of primary sulfonamides is 1. The highest BCUT2D eigenvalue weighted by Crippen LogP contribution is 2.27. The van der Waals surface area contributed by atoms with E-state index >= 15 is 0 Å². The predicted molar refractivity (Wildman–Crippen MR) is 107 cm³/mol. The Morgan fingerprint density at radius 2 is 1.92 bits per heavy atom. The van der Waals surface area contributed by atoms with Crippen LogP contribution in [0.4, 0.5) is 0 Å². The molecule has 8 heteroatoms. The van der Waals surface area contributed by atoms with Gasteiger partial charge < -0.3 is 4.57 Å². The van der Waals surface area contributed by atoms with Crippen molar-refractivity contribution in [2.45, 2.75) is 41.9 Å². The Balaban J connectivity index is 1.94. The maximum Gasteiger partial charge on any atom is 0.238 e. The normalized spacial score (nSPS) is 12.0. The highest BCUT2D eigenvalue weighted by Gasteiger charge is 2.15. The fourth-order valence-electron chi connectivity index (χ4n) is 2.69. The van der Waals surface area contributed by atoms with Crippen molar-refractivity contribution in [3.05, 3.63) is 53.3 Å². The lowest BCUT2D eigenvalue weighted by molar-refractivity contribution is 0.598. The van der Waals surface area contributed by atoms with Gasteiger partial charge in [0.2, 0.25) is 10.0 Å². The van der Waals surface area contributed by atoms with E-state index in [9.17, 15) is 8.42 Å². The number of nitrogens with zero attached hydrogens (tertiary/aromatic N) is 2. The van der Waals surface area contributed by atoms with Crippen LogP contribution in [0.2, 0.25) is 5.02 Å². The first-order valence-electron chi connectivity index (χ1n) is 8.29. The molecule has 0 spiro atoms. The molecule has 0 saturated carbocycles. The Kier molecular flexibility index (Phi) is 5.92. The Hall–Kier alpha value is -1.54. The molecule has 0 fully saturated rings. The molecule has 0 amide bonds. The van der Waals surface area contributed by atoms with E-state index in [-0.39, 0.29) is 4.90 Å². The second-order valence-electron chi connectivity index (χ2n) is 5.97. The Bertz CT molecular complexity index is 1010. The standard InChI is InChI=1S/C18H20ClN3O2S2/c1-2-3-10-22-17-9-8-15(26(20,23)24)11-16(17)21-18(22)12-25-14-6-4-13(19)5-7-14/h4-9,11H,2-3,10,12H2,1H3,(H2,20,23,24). The van der Waals surface area contributed by atoms with Gasteiger partial charge in [-0.25, -0.2) is 18.5 Å². The van der Waals surface area contributed by atoms with Crippen molar-refractivity contribution in [1.29, 1.82) is 0 Å². The smallest absolute Gasteiger partial charge is 0.238 e. The van der Waals surface area contributed by atoms with Crippen LogP contribution in [-0.2, 0) is 22.3 Å². The molecule has 2 N–H and O–H groups in total. The first kappa shape index (κ1) is 19.2. The topological polar surface area (TPSA) is 78.0 Å². The number of nitrogens with two attached hydrogens (primary N) is 1. The first-order valence-corrected chi connectivity index (χ1v) is 11.2. The lowest BCUT2D eigenvalue weighted by atomic mass is 10.3. The minimum absolute atomic E-state index is 0.0852. The van der Waals surface area contributed by atoms with Gasteiger partial charge in [-0.05, 0) is 48.9 Å². The third-order valence-electron chi connectivity index (χ3n) is 4.04. The van der Waals surface area contributed by atoms with Gasteiger partial charge in [-0.2, -0.15) is 0 Å². The van der Waals surface area contributed by atoms with Crippen LogP contribution in [0.5, 0.6) is 0 Å². The summed E-state index contributed by atoms with van der Waals surface area (Å²) in [5.74, 6) is 1.60. The maximum absolute atomic E-state index is 11.6. The number of fused-ring (bicyclic) bond motifs is 1. The molecule has 0 radical (unpaired) electrons. The number of halogens is 1. The monoisotopic (exact) mass is 409 g/mol. The van der Waals surface area contributed by atoms with E-state index < -0.39 is 10.0 Å². The van der Waals surface area contributed by atoms with Gasteiger partial charge in [0.05, 0.1) is 21.7 Å². The number of rotatable bonds is 7. The zero-order valence-corrected chi connectivity index (χ0v) is 16.7. The predicted octanol–water partition coefficient (Wildman–Crippen LogP) is 4.43. The molecule has 3 aromatic rings. The maximum atomic E-state index is 11.6. The number of thioether (sulfide) groups is 1. The summed E-state index contributed by atoms with van der Waals surface area (Å²) in [5.41, 5.74) is 1.58. The van der Waals surface area contributed by atoms with Crippen LogP contribution < -0.4 is 5.14 Å². The van der Waals surface area contributed by atoms with Gasteiger partial charge in [0, 0.05) is 16.5 Å². The van der Waals surface area contributed by atoms with Crippen LogP contribution in [0, 0.1) is 0 Å². The van der Waals surface area contributed by atoms with Gasteiger partial charge in [-0.1, -0.05) is 24.9 Å². The minimum atomic E-state index is -3.74. The van der Waals surface area contributed by atoms with E-state index in [4.69, 9.17) is 16.7 Å². The molecular weight excluding hydrogens is 390 g/mol. The van der Waals surface area contributed by atoms with Crippen molar-refractivity contribution in [1.82, 2.24) is 9.55 Å². The minimum Gasteiger partial charge on any atom is -0.327 e. The lowest BCUT2D eigenvalue weighted by Gasteiger charge is -2.09. The zero-order valence-electron chi connectivity index (χ0n) is 14.4. The molecule has 0 aliphatic heterocycles. The van der Waals surface area contributed by atoms with Crippen LogP contribution in [-0.4, -0.2) is 18.0 Å². The summed E-state index contributed by atoms with van der Waals surface area (Å²) in [5, 5.41) is 5.95. The highest BCUT2D eigenvalue weighted by atomic mass is 35.5. The molecule has 0 unspecified atom stereocenters. The van der Waals surface area contributed by atoms with E-state index in [1.807, 2.05) is 24.3 Å². The SMILES string of the molecule is CCCCn1c(CSc2ccc(Cl)cc2)nc2cc(S(N)(=O)=O)ccc21. The summed E-state index contributed by atoms with van der Waals surface area (Å²) in [6, 6.07) is 12.6. The summed E-state index contributed by atoms with van der Waals surface area (Å²) in [4.78, 5) is 5.86. The van der Waals surface area contributed by atoms with Crippen molar-refractivity contribution >= 4 is 44.4 Å². The summed E-state index contributed by atoms with van der Waals surface area (Å²) >= 11 is 7.60. The zero-order chi connectivity index (χ0) is 18.7. The van der Waals surface area contributed by atoms with Crippen LogP contribution in [0.1, 0.15) is 25.6 Å². The molecule has 0 aliphatic rings. The van der Waals surface area contributed by atoms with E-state index in [2.05, 4.69) is 16.5 Å². The summed E-state index contributed by atoms with van der Waals surface area (Å²) < 4.78 is 25.4. The Morgan fingerprint density at radius 3 is 2.58 bits per heavy atom. The summed E-state index contributed by atoms with van der Waals surface area (Å²) in [6.45, 7) is 2.98. The van der Waals surface area contributed by atoms with Crippen molar-refractivity contribution in [2.24, 2.45) is 5.14 Å². The molecule has 1 aromatic heterocycles. The van der Waals surface area contributed by atoms with Gasteiger partial charge >= 0.3 is 0 Å². The number of aryl methyl sites for hydroxylation is 1. The number of unbranched alkanes of at least 4 members (excludes halogenated alkanes) is 1. The van der Waals surface area contributed by atoms with Crippen LogP contribution >= 0.6 is 23.4 Å². The van der Waals surface area contributed by atoms with Crippen molar-refractivity contribution < 1.29 is 8.42 Å². The van der Waals surface area contributed by atoms with Crippen molar-refractivity contribution in [3.8, 4) is 0 Å². The largest absolute Gasteiger partial charge is 0.327 e. The number of benzene rings is 2. The molecule has 0 atom stereocenters. The van der Waals surface area contributed by atoms with Crippen LogP contribution in [0.15, 0.2) is 52.3 Å². The second-order valence-corrected chi connectivity index (χ2v) is 9.02. The number of aromatic nitrogens is 2. The van der Waals surface area contributed by atoms with Crippen LogP contribution in [0.25, 0.3) is 11.0 Å². The van der Waals surface area contributed by atoms with Crippen molar-refractivity contribution in [2.75, 3.05) is 0 Å². The fourth-order valence-corrected chi connectivity index (χ4v) is 4.20. The van der Waals surface area contributed by atoms with Crippen LogP contribution in [0.3, 0.4) is 0 Å². The third-order valence-corrected chi connectivity index (χ3v) is 6.22. The van der Waals surface area contributed by atoms with E-state index in [1.54, 1.807) is 23.9 Å². The summed E-state index contributed by atoms with van der Waals surface area (Å²) in [6.07, 6.45) is 2.10. The van der Waals surface area contributed by atoms with Crippen molar-refractivity contribution in [3.63, 3.8) is 0 Å². The molecule has 2 aromatic carbocycles. The third kappa shape index (κ3) is 4.40. The number of sulfonamides is 1. The molecule has 0 saturated heterocycles. The fraction of sp³-hybridized carbons (Fsp3) is 0.278. The van der Waals surface area contributed by atoms with E-state index in [0.29, 0.717) is 16.3 Å². The first-order chi connectivity index (χ1) is 12.4. The average molecular weight is 410 g/mol.